The highest BCUT2D eigenvalue weighted by Crippen LogP contribution is 2.48. The number of benzene rings is 1. The maximum absolute atomic E-state index is 5.04. The van der Waals surface area contributed by atoms with E-state index in [9.17, 15) is 0 Å². The van der Waals surface area contributed by atoms with Gasteiger partial charge in [-0.1, -0.05) is 53.5 Å². The van der Waals surface area contributed by atoms with Crippen molar-refractivity contribution in [2.45, 2.75) is 114 Å². The van der Waals surface area contributed by atoms with E-state index in [1.807, 2.05) is 18.6 Å². The molecule has 0 aliphatic carbocycles. The largest absolute Gasteiger partial charge is 0.269 e. The molecular formula is C42H48N6S3. The van der Waals surface area contributed by atoms with Gasteiger partial charge in [0.05, 0.1) is 33.7 Å². The third-order valence-corrected chi connectivity index (χ3v) is 16.0. The first kappa shape index (κ1) is 36.1. The summed E-state index contributed by atoms with van der Waals surface area (Å²) in [6.45, 7) is 26.7. The third-order valence-electron chi connectivity index (χ3n) is 11.5. The Bertz CT molecular complexity index is 1850. The number of hydrogen-bond acceptors (Lipinski definition) is 9. The summed E-state index contributed by atoms with van der Waals surface area (Å²) in [7, 11) is 0. The minimum absolute atomic E-state index is 0.00398. The molecule has 0 N–H and O–H groups in total. The fourth-order valence-electron chi connectivity index (χ4n) is 5.86. The lowest BCUT2D eigenvalue weighted by Gasteiger charge is -2.30. The molecule has 7 rings (SSSR count). The summed E-state index contributed by atoms with van der Waals surface area (Å²) in [5, 5.41) is 2.99. The number of aliphatic imine (C=N–C) groups is 3. The standard InChI is InChI=1S/C42H48N6S3/c1-37(2)40(7,8)49-34(46-37)31-16-13-25(22-43-31)28-19-29(26-14-17-32(44-23-26)35-47-38(3,4)41(9,10)50-35)21-30(20-28)27-15-18-33(45-24-27)36-48-39(5,6)42(11,12)51-36/h13-24H,1-12H3. The van der Waals surface area contributed by atoms with Gasteiger partial charge in [0.2, 0.25) is 0 Å². The van der Waals surface area contributed by atoms with E-state index in [0.29, 0.717) is 0 Å². The fraction of sp³-hybridized carbons (Fsp3) is 0.429. The normalized spacial score (nSPS) is 22.0. The summed E-state index contributed by atoms with van der Waals surface area (Å²) >= 11 is 5.41. The van der Waals surface area contributed by atoms with Crippen LogP contribution in [0.3, 0.4) is 0 Å². The summed E-state index contributed by atoms with van der Waals surface area (Å²) in [6.07, 6.45) is 5.92. The Kier molecular flexibility index (Phi) is 8.59. The van der Waals surface area contributed by atoms with E-state index in [0.717, 1.165) is 65.6 Å². The summed E-state index contributed by atoms with van der Waals surface area (Å²) < 4.78 is 0.0119. The summed E-state index contributed by atoms with van der Waals surface area (Å²) in [6, 6.07) is 19.5. The van der Waals surface area contributed by atoms with E-state index in [1.54, 1.807) is 35.3 Å². The van der Waals surface area contributed by atoms with Crippen molar-refractivity contribution in [3.05, 3.63) is 90.3 Å². The second-order valence-corrected chi connectivity index (χ2v) is 21.7. The van der Waals surface area contributed by atoms with Gasteiger partial charge in [-0.25, -0.2) is 0 Å². The van der Waals surface area contributed by atoms with Crippen LogP contribution < -0.4 is 0 Å². The van der Waals surface area contributed by atoms with Crippen LogP contribution in [0.5, 0.6) is 0 Å². The van der Waals surface area contributed by atoms with Crippen molar-refractivity contribution in [2.24, 2.45) is 15.0 Å². The van der Waals surface area contributed by atoms with Gasteiger partial charge in [0.15, 0.2) is 0 Å². The molecule has 4 aromatic rings. The van der Waals surface area contributed by atoms with Crippen molar-refractivity contribution in [3.8, 4) is 33.4 Å². The molecule has 0 saturated heterocycles. The Labute approximate surface area is 316 Å². The maximum Gasteiger partial charge on any atom is 0.117 e. The smallest absolute Gasteiger partial charge is 0.117 e. The number of thioether (sulfide) groups is 3. The maximum atomic E-state index is 5.04. The van der Waals surface area contributed by atoms with Gasteiger partial charge in [0.25, 0.3) is 0 Å². The van der Waals surface area contributed by atoms with Crippen molar-refractivity contribution in [1.82, 2.24) is 15.0 Å². The Morgan fingerprint density at radius 2 is 0.608 bits per heavy atom. The SMILES string of the molecule is CC1(C)N=C(c2ccc(-c3cc(-c4ccc(C5=NC(C)(C)C(C)(C)S5)nc4)cc(-c4ccc(C5=NC(C)(C)C(C)(C)S5)nc4)c3)cn2)SC1(C)C. The minimum atomic E-state index is -0.158. The first-order chi connectivity index (χ1) is 23.7. The van der Waals surface area contributed by atoms with Gasteiger partial charge in [0.1, 0.15) is 15.1 Å². The molecule has 0 amide bonds. The zero-order chi connectivity index (χ0) is 36.8. The quantitative estimate of drug-likeness (QED) is 0.196. The van der Waals surface area contributed by atoms with Gasteiger partial charge in [-0.3, -0.25) is 29.9 Å². The first-order valence-corrected chi connectivity index (χ1v) is 20.0. The lowest BCUT2D eigenvalue weighted by Crippen LogP contribution is -2.36. The highest BCUT2D eigenvalue weighted by Gasteiger charge is 2.46. The fourth-order valence-corrected chi connectivity index (χ4v) is 9.70. The average Bonchev–Trinajstić information content (AvgIpc) is 3.53. The van der Waals surface area contributed by atoms with Crippen LogP contribution in [-0.2, 0) is 0 Å². The Morgan fingerprint density at radius 1 is 0.353 bits per heavy atom. The van der Waals surface area contributed by atoms with Crippen molar-refractivity contribution in [2.75, 3.05) is 0 Å². The molecule has 0 spiro atoms. The number of aromatic nitrogens is 3. The Hall–Kier alpha value is -3.27. The molecule has 264 valence electrons. The monoisotopic (exact) mass is 732 g/mol. The van der Waals surface area contributed by atoms with Crippen LogP contribution in [0.15, 0.2) is 88.2 Å². The first-order valence-electron chi connectivity index (χ1n) is 17.6. The number of hydrogen-bond donors (Lipinski definition) is 0. The molecule has 0 radical (unpaired) electrons. The van der Waals surface area contributed by atoms with Crippen LogP contribution in [0.2, 0.25) is 0 Å². The zero-order valence-corrected chi connectivity index (χ0v) is 34.3. The van der Waals surface area contributed by atoms with E-state index in [-0.39, 0.29) is 30.9 Å². The molecule has 9 heteroatoms. The molecule has 6 nitrogen and oxygen atoms in total. The highest BCUT2D eigenvalue weighted by atomic mass is 32.2. The molecule has 0 fully saturated rings. The van der Waals surface area contributed by atoms with Crippen molar-refractivity contribution >= 4 is 50.4 Å². The van der Waals surface area contributed by atoms with Crippen LogP contribution in [0.1, 0.15) is 100 Å². The van der Waals surface area contributed by atoms with Gasteiger partial charge in [0, 0.05) is 49.5 Å². The number of pyridine rings is 3. The molecule has 0 atom stereocenters. The van der Waals surface area contributed by atoms with E-state index >= 15 is 0 Å². The predicted molar refractivity (Wildman–Crippen MR) is 223 cm³/mol. The molecule has 51 heavy (non-hydrogen) atoms. The second-order valence-electron chi connectivity index (χ2n) is 16.9. The Morgan fingerprint density at radius 3 is 0.784 bits per heavy atom. The molecule has 0 bridgehead atoms. The molecule has 3 aliphatic rings. The molecule has 1 aromatic carbocycles. The summed E-state index contributed by atoms with van der Waals surface area (Å²) in [5.41, 5.74) is 8.63. The van der Waals surface area contributed by atoms with Gasteiger partial charge in [-0.15, -0.1) is 0 Å². The van der Waals surface area contributed by atoms with Crippen molar-refractivity contribution in [1.29, 1.82) is 0 Å². The molecule has 0 unspecified atom stereocenters. The van der Waals surface area contributed by atoms with E-state index in [1.165, 1.54) is 0 Å². The number of rotatable bonds is 6. The highest BCUT2D eigenvalue weighted by molar-refractivity contribution is 8.16. The van der Waals surface area contributed by atoms with Crippen LogP contribution in [0, 0.1) is 0 Å². The van der Waals surface area contributed by atoms with Crippen LogP contribution in [0.4, 0.5) is 0 Å². The zero-order valence-electron chi connectivity index (χ0n) is 31.8. The molecule has 6 heterocycles. The lowest BCUT2D eigenvalue weighted by atomic mass is 9.91. The second kappa shape index (κ2) is 12.1. The number of nitrogens with zero attached hydrogens (tertiary/aromatic N) is 6. The van der Waals surface area contributed by atoms with Crippen molar-refractivity contribution < 1.29 is 0 Å². The summed E-state index contributed by atoms with van der Waals surface area (Å²) in [4.78, 5) is 29.9. The minimum Gasteiger partial charge on any atom is -0.269 e. The van der Waals surface area contributed by atoms with Gasteiger partial charge in [-0.2, -0.15) is 0 Å². The molecule has 0 saturated carbocycles. The third kappa shape index (κ3) is 6.52. The lowest BCUT2D eigenvalue weighted by molar-refractivity contribution is 0.426. The van der Waals surface area contributed by atoms with Crippen molar-refractivity contribution in [3.63, 3.8) is 0 Å². The van der Waals surface area contributed by atoms with Gasteiger partial charge >= 0.3 is 0 Å². The van der Waals surface area contributed by atoms with E-state index < -0.39 is 0 Å². The average molecular weight is 733 g/mol. The van der Waals surface area contributed by atoms with E-state index in [4.69, 9.17) is 29.9 Å². The summed E-state index contributed by atoms with van der Waals surface area (Å²) in [5.74, 6) is 0. The Balaban J connectivity index is 1.25. The molecule has 3 aromatic heterocycles. The van der Waals surface area contributed by atoms with E-state index in [2.05, 4.69) is 138 Å². The van der Waals surface area contributed by atoms with Crippen LogP contribution in [0.25, 0.3) is 33.4 Å². The van der Waals surface area contributed by atoms with Crippen LogP contribution >= 0.6 is 35.3 Å². The van der Waals surface area contributed by atoms with Crippen LogP contribution in [-0.4, -0.2) is 60.9 Å². The topological polar surface area (TPSA) is 75.8 Å². The predicted octanol–water partition coefficient (Wildman–Crippen LogP) is 11.0. The molecular weight excluding hydrogens is 685 g/mol. The molecule has 3 aliphatic heterocycles. The van der Waals surface area contributed by atoms with Gasteiger partial charge in [-0.05, 0) is 136 Å². The van der Waals surface area contributed by atoms with Gasteiger partial charge < -0.3 is 0 Å².